The second-order valence-electron chi connectivity index (χ2n) is 11.6. The van der Waals surface area contributed by atoms with E-state index in [4.69, 9.17) is 0 Å². The van der Waals surface area contributed by atoms with Crippen LogP contribution in [0.5, 0.6) is 0 Å². The Morgan fingerprint density at radius 2 is 1.36 bits per heavy atom. The maximum absolute atomic E-state index is 2.86. The molecular weight excluding hydrogens is 352 g/mol. The molecule has 4 saturated carbocycles. The van der Waals surface area contributed by atoms with E-state index in [0.717, 1.165) is 46.6 Å². The standard InChI is InChI=1S/C27H42Si/c1-19-26(21-12-5-4-6-13-21)23-15-9-10-16-24(23)27(19)28(2,3)25-18-17-20-11-7-8-14-22(20)25/h4-6,12-13,19-20,22-27H,7-11,14-18H2,1-3H3. The van der Waals surface area contributed by atoms with Gasteiger partial charge in [0.2, 0.25) is 0 Å². The van der Waals surface area contributed by atoms with E-state index < -0.39 is 8.07 Å². The molecule has 0 radical (unpaired) electrons. The van der Waals surface area contributed by atoms with Crippen molar-refractivity contribution in [1.82, 2.24) is 0 Å². The van der Waals surface area contributed by atoms with E-state index >= 15 is 0 Å². The van der Waals surface area contributed by atoms with Crippen LogP contribution in [0.4, 0.5) is 0 Å². The van der Waals surface area contributed by atoms with Gasteiger partial charge in [0, 0.05) is 0 Å². The second-order valence-corrected chi connectivity index (χ2v) is 16.7. The smallest absolute Gasteiger partial charge is 0.0544 e. The van der Waals surface area contributed by atoms with Gasteiger partial charge in [0.05, 0.1) is 8.07 Å². The highest BCUT2D eigenvalue weighted by molar-refractivity contribution is 6.80. The van der Waals surface area contributed by atoms with Crippen LogP contribution in [0, 0.1) is 29.6 Å². The molecule has 0 aromatic heterocycles. The van der Waals surface area contributed by atoms with Crippen LogP contribution in [0.25, 0.3) is 0 Å². The molecule has 4 aliphatic carbocycles. The topological polar surface area (TPSA) is 0 Å². The first-order valence-corrected chi connectivity index (χ1v) is 15.8. The highest BCUT2D eigenvalue weighted by atomic mass is 28.3. The van der Waals surface area contributed by atoms with E-state index in [-0.39, 0.29) is 0 Å². The van der Waals surface area contributed by atoms with Crippen molar-refractivity contribution in [3.63, 3.8) is 0 Å². The molecule has 8 unspecified atom stereocenters. The van der Waals surface area contributed by atoms with Crippen LogP contribution >= 0.6 is 0 Å². The molecule has 0 aliphatic heterocycles. The third-order valence-electron chi connectivity index (χ3n) is 10.3. The molecule has 0 nitrogen and oxygen atoms in total. The minimum absolute atomic E-state index is 0.840. The summed E-state index contributed by atoms with van der Waals surface area (Å²) in [4.78, 5) is 0. The Kier molecular flexibility index (Phi) is 5.27. The quantitative estimate of drug-likeness (QED) is 0.452. The summed E-state index contributed by atoms with van der Waals surface area (Å²) < 4.78 is 0. The lowest BCUT2D eigenvalue weighted by Gasteiger charge is -2.46. The Hall–Kier alpha value is -0.563. The van der Waals surface area contributed by atoms with E-state index in [1.54, 1.807) is 37.7 Å². The van der Waals surface area contributed by atoms with Gasteiger partial charge in [0.15, 0.2) is 0 Å². The van der Waals surface area contributed by atoms with Crippen LogP contribution in [0.3, 0.4) is 0 Å². The lowest BCUT2D eigenvalue weighted by molar-refractivity contribution is 0.252. The van der Waals surface area contributed by atoms with Gasteiger partial charge < -0.3 is 0 Å². The zero-order chi connectivity index (χ0) is 19.3. The van der Waals surface area contributed by atoms with Gasteiger partial charge in [-0.05, 0) is 58.6 Å². The van der Waals surface area contributed by atoms with Crippen molar-refractivity contribution in [2.45, 2.75) is 101 Å². The van der Waals surface area contributed by atoms with Gasteiger partial charge in [-0.1, -0.05) is 108 Å². The molecule has 154 valence electrons. The van der Waals surface area contributed by atoms with Gasteiger partial charge in [-0.15, -0.1) is 0 Å². The Morgan fingerprint density at radius 1 is 0.714 bits per heavy atom. The third kappa shape index (κ3) is 3.06. The Bertz CT molecular complexity index is 664. The first-order valence-electron chi connectivity index (χ1n) is 12.6. The van der Waals surface area contributed by atoms with E-state index in [1.807, 2.05) is 0 Å². The maximum atomic E-state index is 2.86. The average molecular weight is 395 g/mol. The van der Waals surface area contributed by atoms with Crippen LogP contribution < -0.4 is 0 Å². The summed E-state index contributed by atoms with van der Waals surface area (Å²) in [5.41, 5.74) is 3.86. The van der Waals surface area contributed by atoms with E-state index in [2.05, 4.69) is 50.3 Å². The fourth-order valence-corrected chi connectivity index (χ4v) is 15.5. The van der Waals surface area contributed by atoms with Crippen molar-refractivity contribution in [2.75, 3.05) is 0 Å². The molecule has 28 heavy (non-hydrogen) atoms. The molecular formula is C27H42Si. The van der Waals surface area contributed by atoms with Gasteiger partial charge >= 0.3 is 0 Å². The first kappa shape index (κ1) is 19.4. The SMILES string of the molecule is CC1C(c2ccccc2)C2CCCCC2C1[Si](C)(C)C1CCC2CCCCC21. The average Bonchev–Trinajstić information content (AvgIpc) is 3.27. The third-order valence-corrected chi connectivity index (χ3v) is 15.6. The first-order chi connectivity index (χ1) is 13.6. The highest BCUT2D eigenvalue weighted by Gasteiger charge is 2.58. The minimum Gasteiger partial charge on any atom is -0.0689 e. The Labute approximate surface area is 174 Å². The van der Waals surface area contributed by atoms with Crippen LogP contribution in [-0.4, -0.2) is 8.07 Å². The molecule has 0 heterocycles. The molecule has 0 bridgehead atoms. The summed E-state index contributed by atoms with van der Waals surface area (Å²) in [6.07, 6.45) is 15.4. The van der Waals surface area contributed by atoms with Crippen molar-refractivity contribution in [2.24, 2.45) is 29.6 Å². The van der Waals surface area contributed by atoms with E-state index in [9.17, 15) is 0 Å². The Balaban J connectivity index is 1.47. The summed E-state index contributed by atoms with van der Waals surface area (Å²) in [5.74, 6) is 5.98. The molecule has 1 aromatic carbocycles. The molecule has 0 amide bonds. The number of hydrogen-bond donors (Lipinski definition) is 0. The van der Waals surface area contributed by atoms with Gasteiger partial charge in [-0.3, -0.25) is 0 Å². The lowest BCUT2D eigenvalue weighted by atomic mass is 9.75. The molecule has 4 aliphatic rings. The Morgan fingerprint density at radius 3 is 2.11 bits per heavy atom. The highest BCUT2D eigenvalue weighted by Crippen LogP contribution is 2.66. The summed E-state index contributed by atoms with van der Waals surface area (Å²) in [5, 5.41) is 0. The number of hydrogen-bond acceptors (Lipinski definition) is 0. The molecule has 0 N–H and O–H groups in total. The molecule has 1 aromatic rings. The fraction of sp³-hybridized carbons (Fsp3) is 0.778. The predicted molar refractivity (Wildman–Crippen MR) is 123 cm³/mol. The largest absolute Gasteiger partial charge is 0.0689 e. The molecule has 8 atom stereocenters. The van der Waals surface area contributed by atoms with Crippen LogP contribution in [0.15, 0.2) is 30.3 Å². The molecule has 0 spiro atoms. The lowest BCUT2D eigenvalue weighted by Crippen LogP contribution is -2.45. The van der Waals surface area contributed by atoms with Gasteiger partial charge in [-0.2, -0.15) is 0 Å². The molecule has 5 rings (SSSR count). The van der Waals surface area contributed by atoms with E-state index in [1.165, 1.54) is 32.1 Å². The van der Waals surface area contributed by atoms with Crippen molar-refractivity contribution in [3.8, 4) is 0 Å². The van der Waals surface area contributed by atoms with E-state index in [0.29, 0.717) is 0 Å². The van der Waals surface area contributed by atoms with Crippen molar-refractivity contribution >= 4 is 8.07 Å². The summed E-state index contributed by atoms with van der Waals surface area (Å²) in [6, 6.07) is 11.7. The zero-order valence-electron chi connectivity index (χ0n) is 18.6. The van der Waals surface area contributed by atoms with Crippen LogP contribution in [0.2, 0.25) is 24.2 Å². The van der Waals surface area contributed by atoms with Gasteiger partial charge in [0.1, 0.15) is 0 Å². The molecule has 1 heteroatoms. The number of fused-ring (bicyclic) bond motifs is 2. The zero-order valence-corrected chi connectivity index (χ0v) is 19.6. The minimum atomic E-state index is -1.29. The fourth-order valence-electron chi connectivity index (χ4n) is 9.44. The maximum Gasteiger partial charge on any atom is 0.0544 e. The van der Waals surface area contributed by atoms with Crippen molar-refractivity contribution < 1.29 is 0 Å². The van der Waals surface area contributed by atoms with Gasteiger partial charge in [0.25, 0.3) is 0 Å². The van der Waals surface area contributed by atoms with Gasteiger partial charge in [-0.25, -0.2) is 0 Å². The molecule has 4 fully saturated rings. The summed E-state index contributed by atoms with van der Waals surface area (Å²) in [6.45, 7) is 8.40. The van der Waals surface area contributed by atoms with Crippen LogP contribution in [-0.2, 0) is 0 Å². The number of benzene rings is 1. The second kappa shape index (κ2) is 7.60. The molecule has 0 saturated heterocycles. The summed E-state index contributed by atoms with van der Waals surface area (Å²) >= 11 is 0. The summed E-state index contributed by atoms with van der Waals surface area (Å²) in [7, 11) is -1.29. The van der Waals surface area contributed by atoms with Crippen molar-refractivity contribution in [1.29, 1.82) is 0 Å². The van der Waals surface area contributed by atoms with Crippen molar-refractivity contribution in [3.05, 3.63) is 35.9 Å². The number of rotatable bonds is 3. The normalized spacial score (nSPS) is 43.5. The van der Waals surface area contributed by atoms with Crippen LogP contribution in [0.1, 0.15) is 82.6 Å². The monoisotopic (exact) mass is 394 g/mol. The predicted octanol–water partition coefficient (Wildman–Crippen LogP) is 8.28.